The lowest BCUT2D eigenvalue weighted by Crippen LogP contribution is -2.15. The van der Waals surface area contributed by atoms with E-state index in [1.54, 1.807) is 0 Å². The van der Waals surface area contributed by atoms with Crippen LogP contribution in [-0.4, -0.2) is 11.0 Å². The van der Waals surface area contributed by atoms with Crippen molar-refractivity contribution in [2.45, 2.75) is 26.7 Å². The minimum absolute atomic E-state index is 0.273. The zero-order chi connectivity index (χ0) is 8.15. The van der Waals surface area contributed by atoms with E-state index in [1.165, 1.54) is 0 Å². The third kappa shape index (κ3) is 2.09. The summed E-state index contributed by atoms with van der Waals surface area (Å²) in [5.41, 5.74) is 5.56. The summed E-state index contributed by atoms with van der Waals surface area (Å²) < 4.78 is 0. The molecular formula is C7H13NO2. The molecule has 0 spiro atoms. The average molecular weight is 143 g/mol. The minimum atomic E-state index is -0.737. The van der Waals surface area contributed by atoms with Crippen LogP contribution in [0.1, 0.15) is 26.7 Å². The smallest absolute Gasteiger partial charge is 0.283 e. The Kier molecular flexibility index (Phi) is 3.54. The largest absolute Gasteiger partial charge is 0.503 e. The Labute approximate surface area is 60.5 Å². The van der Waals surface area contributed by atoms with Crippen molar-refractivity contribution in [1.29, 1.82) is 0 Å². The molecule has 0 rings (SSSR count). The molecule has 0 aromatic carbocycles. The zero-order valence-corrected chi connectivity index (χ0v) is 6.35. The first-order chi connectivity index (χ1) is 4.63. The molecule has 0 unspecified atom stereocenters. The average Bonchev–Trinajstić information content (AvgIpc) is 1.90. The van der Waals surface area contributed by atoms with Crippen LogP contribution in [0.15, 0.2) is 11.3 Å². The van der Waals surface area contributed by atoms with Gasteiger partial charge in [0.25, 0.3) is 5.91 Å². The monoisotopic (exact) mass is 143 g/mol. The van der Waals surface area contributed by atoms with Gasteiger partial charge in [0.15, 0.2) is 5.76 Å². The van der Waals surface area contributed by atoms with E-state index in [9.17, 15) is 4.79 Å². The Hall–Kier alpha value is -0.990. The first-order valence-corrected chi connectivity index (χ1v) is 3.34. The summed E-state index contributed by atoms with van der Waals surface area (Å²) in [5, 5.41) is 8.99. The molecule has 10 heavy (non-hydrogen) atoms. The number of primary amides is 1. The van der Waals surface area contributed by atoms with Crippen LogP contribution < -0.4 is 5.73 Å². The highest BCUT2D eigenvalue weighted by atomic mass is 16.3. The highest BCUT2D eigenvalue weighted by Crippen LogP contribution is 2.09. The van der Waals surface area contributed by atoms with Crippen molar-refractivity contribution in [2.75, 3.05) is 0 Å². The predicted octanol–water partition coefficient (Wildman–Crippen LogP) is 1.10. The number of carbonyl (C=O) groups excluding carboxylic acids is 1. The van der Waals surface area contributed by atoms with Gasteiger partial charge in [-0.05, 0) is 18.4 Å². The second-order valence-electron chi connectivity index (χ2n) is 2.02. The maximum absolute atomic E-state index is 10.4. The molecule has 58 valence electrons. The van der Waals surface area contributed by atoms with Crippen molar-refractivity contribution in [3.05, 3.63) is 11.3 Å². The Morgan fingerprint density at radius 2 is 1.80 bits per heavy atom. The Morgan fingerprint density at radius 3 is 1.90 bits per heavy atom. The third-order valence-electron chi connectivity index (χ3n) is 1.42. The number of hydrogen-bond donors (Lipinski definition) is 2. The van der Waals surface area contributed by atoms with Crippen molar-refractivity contribution in [2.24, 2.45) is 5.73 Å². The molecule has 0 aromatic heterocycles. The highest BCUT2D eigenvalue weighted by molar-refractivity contribution is 5.90. The van der Waals surface area contributed by atoms with E-state index >= 15 is 0 Å². The van der Waals surface area contributed by atoms with E-state index < -0.39 is 5.91 Å². The van der Waals surface area contributed by atoms with Gasteiger partial charge in [0.05, 0.1) is 0 Å². The molecule has 0 fully saturated rings. The molecule has 3 nitrogen and oxygen atoms in total. The van der Waals surface area contributed by atoms with Gasteiger partial charge in [0.2, 0.25) is 0 Å². The number of nitrogens with two attached hydrogens (primary N) is 1. The Bertz CT molecular complexity index is 155. The molecule has 3 N–H and O–H groups in total. The quantitative estimate of drug-likeness (QED) is 0.459. The van der Waals surface area contributed by atoms with Crippen LogP contribution in [0.2, 0.25) is 0 Å². The summed E-state index contributed by atoms with van der Waals surface area (Å²) in [7, 11) is 0. The van der Waals surface area contributed by atoms with Crippen LogP contribution in [0.5, 0.6) is 0 Å². The first kappa shape index (κ1) is 9.01. The number of aliphatic hydroxyl groups is 1. The molecule has 3 heteroatoms. The molecule has 0 aromatic rings. The molecule has 0 saturated heterocycles. The second-order valence-corrected chi connectivity index (χ2v) is 2.02. The molecule has 0 aliphatic heterocycles. The second kappa shape index (κ2) is 3.93. The van der Waals surface area contributed by atoms with Crippen LogP contribution in [0.3, 0.4) is 0 Å². The number of allylic oxidation sites excluding steroid dienone is 1. The molecule has 0 aliphatic rings. The zero-order valence-electron chi connectivity index (χ0n) is 6.35. The molecule has 1 amide bonds. The van der Waals surface area contributed by atoms with Gasteiger partial charge in [-0.3, -0.25) is 4.79 Å². The number of rotatable bonds is 3. The van der Waals surface area contributed by atoms with Gasteiger partial charge in [-0.2, -0.15) is 0 Å². The molecule has 0 atom stereocenters. The van der Waals surface area contributed by atoms with Crippen molar-refractivity contribution in [1.82, 2.24) is 0 Å². The summed E-state index contributed by atoms with van der Waals surface area (Å²) in [6, 6.07) is 0. The summed E-state index contributed by atoms with van der Waals surface area (Å²) >= 11 is 0. The van der Waals surface area contributed by atoms with Crippen LogP contribution in [0, 0.1) is 0 Å². The van der Waals surface area contributed by atoms with Crippen molar-refractivity contribution in [3.63, 3.8) is 0 Å². The van der Waals surface area contributed by atoms with E-state index in [0.717, 1.165) is 0 Å². The fraction of sp³-hybridized carbons (Fsp3) is 0.571. The van der Waals surface area contributed by atoms with E-state index in [-0.39, 0.29) is 5.76 Å². The van der Waals surface area contributed by atoms with Crippen LogP contribution in [0.4, 0.5) is 0 Å². The number of carbonyl (C=O) groups is 1. The van der Waals surface area contributed by atoms with Gasteiger partial charge in [-0.15, -0.1) is 0 Å². The van der Waals surface area contributed by atoms with Crippen LogP contribution >= 0.6 is 0 Å². The Morgan fingerprint density at radius 1 is 1.40 bits per heavy atom. The van der Waals surface area contributed by atoms with Crippen LogP contribution in [0.25, 0.3) is 0 Å². The molecule has 0 heterocycles. The minimum Gasteiger partial charge on any atom is -0.503 e. The SMILES string of the molecule is CCC(CC)=C(O)C(N)=O. The number of aliphatic hydroxyl groups excluding tert-OH is 1. The van der Waals surface area contributed by atoms with Crippen molar-refractivity contribution < 1.29 is 9.90 Å². The number of hydrogen-bond acceptors (Lipinski definition) is 2. The van der Waals surface area contributed by atoms with Gasteiger partial charge in [-0.25, -0.2) is 0 Å². The van der Waals surface area contributed by atoms with Gasteiger partial charge in [0.1, 0.15) is 0 Å². The van der Waals surface area contributed by atoms with Gasteiger partial charge in [0, 0.05) is 0 Å². The fourth-order valence-electron chi connectivity index (χ4n) is 0.759. The van der Waals surface area contributed by atoms with E-state index in [0.29, 0.717) is 18.4 Å². The third-order valence-corrected chi connectivity index (χ3v) is 1.42. The van der Waals surface area contributed by atoms with Gasteiger partial charge >= 0.3 is 0 Å². The number of amides is 1. The maximum atomic E-state index is 10.4. The molecule has 0 aliphatic carbocycles. The molecule has 0 saturated carbocycles. The fourth-order valence-corrected chi connectivity index (χ4v) is 0.759. The maximum Gasteiger partial charge on any atom is 0.283 e. The van der Waals surface area contributed by atoms with Crippen molar-refractivity contribution >= 4 is 5.91 Å². The lowest BCUT2D eigenvalue weighted by molar-refractivity contribution is -0.117. The van der Waals surface area contributed by atoms with E-state index in [2.05, 4.69) is 0 Å². The van der Waals surface area contributed by atoms with E-state index in [4.69, 9.17) is 10.8 Å². The molecule has 0 bridgehead atoms. The molecular weight excluding hydrogens is 130 g/mol. The van der Waals surface area contributed by atoms with Gasteiger partial charge in [-0.1, -0.05) is 13.8 Å². The summed E-state index contributed by atoms with van der Waals surface area (Å²) in [5.74, 6) is -1.01. The lowest BCUT2D eigenvalue weighted by atomic mass is 10.1. The normalized spacial score (nSPS) is 9.00. The highest BCUT2D eigenvalue weighted by Gasteiger charge is 2.06. The van der Waals surface area contributed by atoms with Crippen molar-refractivity contribution in [3.8, 4) is 0 Å². The van der Waals surface area contributed by atoms with E-state index in [1.807, 2.05) is 13.8 Å². The summed E-state index contributed by atoms with van der Waals surface area (Å²) in [4.78, 5) is 10.4. The Balaban J connectivity index is 4.43. The standard InChI is InChI=1S/C7H13NO2/c1-3-5(4-2)6(9)7(8)10/h9H,3-4H2,1-2H3,(H2,8,10). The predicted molar refractivity (Wildman–Crippen MR) is 39.4 cm³/mol. The summed E-state index contributed by atoms with van der Waals surface area (Å²) in [6.45, 7) is 3.75. The van der Waals surface area contributed by atoms with Crippen LogP contribution in [-0.2, 0) is 4.79 Å². The summed E-state index contributed by atoms with van der Waals surface area (Å²) in [6.07, 6.45) is 1.34. The topological polar surface area (TPSA) is 63.3 Å². The first-order valence-electron chi connectivity index (χ1n) is 3.34. The lowest BCUT2D eigenvalue weighted by Gasteiger charge is -2.01. The molecule has 0 radical (unpaired) electrons. The van der Waals surface area contributed by atoms with Gasteiger partial charge < -0.3 is 10.8 Å².